The van der Waals surface area contributed by atoms with E-state index in [-0.39, 0.29) is 17.1 Å². The van der Waals surface area contributed by atoms with Gasteiger partial charge in [0.25, 0.3) is 5.91 Å². The molecule has 0 saturated carbocycles. The van der Waals surface area contributed by atoms with Crippen LogP contribution in [-0.4, -0.2) is 31.7 Å². The average molecular weight is 346 g/mol. The molecule has 1 amide bonds. The van der Waals surface area contributed by atoms with Gasteiger partial charge in [0.1, 0.15) is 5.69 Å². The maximum Gasteiger partial charge on any atom is 0.322 e. The quantitative estimate of drug-likeness (QED) is 0.631. The summed E-state index contributed by atoms with van der Waals surface area (Å²) in [5, 5.41) is 26.9. The molecule has 1 heterocycles. The number of hydrogen-bond acceptors (Lipinski definition) is 5. The zero-order chi connectivity index (χ0) is 18.9. The van der Waals surface area contributed by atoms with Crippen molar-refractivity contribution >= 4 is 23.3 Å². The summed E-state index contributed by atoms with van der Waals surface area (Å²) in [6, 6.07) is 6.28. The van der Waals surface area contributed by atoms with Gasteiger partial charge in [0.2, 0.25) is 5.69 Å². The molecular formula is C16H18N4O5. The summed E-state index contributed by atoms with van der Waals surface area (Å²) in [6.45, 7) is 4.60. The molecule has 0 atom stereocenters. The van der Waals surface area contributed by atoms with Gasteiger partial charge in [0.05, 0.1) is 10.3 Å². The normalized spacial score (nSPS) is 11.2. The Labute approximate surface area is 143 Å². The van der Waals surface area contributed by atoms with E-state index in [9.17, 15) is 24.8 Å². The van der Waals surface area contributed by atoms with Crippen LogP contribution in [0.15, 0.2) is 24.3 Å². The van der Waals surface area contributed by atoms with Crippen molar-refractivity contribution in [3.63, 3.8) is 0 Å². The van der Waals surface area contributed by atoms with Gasteiger partial charge >= 0.3 is 11.7 Å². The number of rotatable bonds is 5. The standard InChI is InChI=1S/C16H18N4O5/c1-9-12(20(24)25)13(19(4)18-9)14(21)17-11-7-5-10(6-8-11)16(2,3)15(22)23/h5-8H,1-4H3,(H,17,21)(H,22,23). The van der Waals surface area contributed by atoms with Crippen LogP contribution in [0.25, 0.3) is 0 Å². The van der Waals surface area contributed by atoms with E-state index >= 15 is 0 Å². The number of anilines is 1. The van der Waals surface area contributed by atoms with Crippen LogP contribution in [0.4, 0.5) is 11.4 Å². The Balaban J connectivity index is 2.28. The topological polar surface area (TPSA) is 127 Å². The first-order valence-electron chi connectivity index (χ1n) is 7.39. The lowest BCUT2D eigenvalue weighted by Gasteiger charge is -2.19. The second kappa shape index (κ2) is 6.34. The van der Waals surface area contributed by atoms with E-state index in [0.29, 0.717) is 11.3 Å². The van der Waals surface area contributed by atoms with Gasteiger partial charge in [-0.1, -0.05) is 12.1 Å². The summed E-state index contributed by atoms with van der Waals surface area (Å²) in [7, 11) is 1.45. The molecule has 0 unspecified atom stereocenters. The summed E-state index contributed by atoms with van der Waals surface area (Å²) >= 11 is 0. The van der Waals surface area contributed by atoms with Crippen LogP contribution < -0.4 is 5.32 Å². The number of nitro groups is 1. The van der Waals surface area contributed by atoms with E-state index in [1.807, 2.05) is 0 Å². The first-order valence-corrected chi connectivity index (χ1v) is 7.39. The van der Waals surface area contributed by atoms with E-state index in [1.54, 1.807) is 38.1 Å². The SMILES string of the molecule is Cc1nn(C)c(C(=O)Nc2ccc(C(C)(C)C(=O)O)cc2)c1[N+](=O)[O-]. The summed E-state index contributed by atoms with van der Waals surface area (Å²) in [6.07, 6.45) is 0. The van der Waals surface area contributed by atoms with E-state index < -0.39 is 22.2 Å². The number of nitrogens with zero attached hydrogens (tertiary/aromatic N) is 3. The number of aliphatic carboxylic acids is 1. The lowest BCUT2D eigenvalue weighted by Crippen LogP contribution is -2.28. The lowest BCUT2D eigenvalue weighted by atomic mass is 9.85. The summed E-state index contributed by atoms with van der Waals surface area (Å²) in [5.41, 5.74) is -0.457. The van der Waals surface area contributed by atoms with Gasteiger partial charge in [-0.15, -0.1) is 0 Å². The van der Waals surface area contributed by atoms with Crippen molar-refractivity contribution in [3.8, 4) is 0 Å². The van der Waals surface area contributed by atoms with Crippen LogP contribution in [0, 0.1) is 17.0 Å². The van der Waals surface area contributed by atoms with E-state index in [0.717, 1.165) is 4.68 Å². The molecule has 132 valence electrons. The third-order valence-electron chi connectivity index (χ3n) is 3.99. The maximum atomic E-state index is 12.4. The summed E-state index contributed by atoms with van der Waals surface area (Å²) in [5.74, 6) is -1.63. The molecule has 1 aromatic heterocycles. The van der Waals surface area contributed by atoms with E-state index in [2.05, 4.69) is 10.4 Å². The molecule has 2 N–H and O–H groups in total. The molecular weight excluding hydrogens is 328 g/mol. The number of carboxylic acid groups (broad SMARTS) is 1. The molecule has 1 aromatic carbocycles. The van der Waals surface area contributed by atoms with Gasteiger partial charge in [0.15, 0.2) is 0 Å². The first kappa shape index (κ1) is 18.1. The Bertz CT molecular complexity index is 852. The number of hydrogen-bond donors (Lipinski definition) is 2. The highest BCUT2D eigenvalue weighted by atomic mass is 16.6. The van der Waals surface area contributed by atoms with Crippen molar-refractivity contribution in [2.24, 2.45) is 7.05 Å². The highest BCUT2D eigenvalue weighted by molar-refractivity contribution is 6.06. The molecule has 0 saturated heterocycles. The predicted molar refractivity (Wildman–Crippen MR) is 89.7 cm³/mol. The molecule has 9 heteroatoms. The highest BCUT2D eigenvalue weighted by Crippen LogP contribution is 2.26. The van der Waals surface area contributed by atoms with Crippen LogP contribution in [0.2, 0.25) is 0 Å². The third-order valence-corrected chi connectivity index (χ3v) is 3.99. The molecule has 0 aliphatic heterocycles. The zero-order valence-electron chi connectivity index (χ0n) is 14.2. The minimum absolute atomic E-state index is 0.149. The minimum Gasteiger partial charge on any atom is -0.481 e. The fourth-order valence-electron chi connectivity index (χ4n) is 2.40. The number of benzene rings is 1. The fraction of sp³-hybridized carbons (Fsp3) is 0.312. The molecule has 2 rings (SSSR count). The number of aromatic nitrogens is 2. The Hall–Kier alpha value is -3.23. The maximum absolute atomic E-state index is 12.4. The first-order chi connectivity index (χ1) is 11.6. The van der Waals surface area contributed by atoms with Crippen molar-refractivity contribution in [1.29, 1.82) is 0 Å². The number of nitrogens with one attached hydrogen (secondary N) is 1. The molecule has 2 aromatic rings. The van der Waals surface area contributed by atoms with Gasteiger partial charge in [-0.2, -0.15) is 5.10 Å². The minimum atomic E-state index is -1.07. The average Bonchev–Trinajstić information content (AvgIpc) is 2.82. The van der Waals surface area contributed by atoms with Gasteiger partial charge in [-0.05, 0) is 38.5 Å². The van der Waals surface area contributed by atoms with Crippen molar-refractivity contribution in [3.05, 3.63) is 51.3 Å². The molecule has 0 aliphatic rings. The van der Waals surface area contributed by atoms with Gasteiger partial charge in [-0.3, -0.25) is 24.4 Å². The van der Waals surface area contributed by atoms with Crippen molar-refractivity contribution in [2.75, 3.05) is 5.32 Å². The largest absolute Gasteiger partial charge is 0.481 e. The van der Waals surface area contributed by atoms with Gasteiger partial charge in [0, 0.05) is 12.7 Å². The Kier molecular flexibility index (Phi) is 4.60. The summed E-state index contributed by atoms with van der Waals surface area (Å²) < 4.78 is 1.16. The van der Waals surface area contributed by atoms with Crippen LogP contribution in [0.1, 0.15) is 35.6 Å². The number of carbonyl (C=O) groups is 2. The van der Waals surface area contributed by atoms with Crippen LogP contribution in [-0.2, 0) is 17.3 Å². The van der Waals surface area contributed by atoms with Gasteiger partial charge in [-0.25, -0.2) is 0 Å². The third kappa shape index (κ3) is 3.35. The van der Waals surface area contributed by atoms with Crippen LogP contribution in [0.5, 0.6) is 0 Å². The predicted octanol–water partition coefficient (Wildman–Crippen LogP) is 2.25. The second-order valence-electron chi connectivity index (χ2n) is 6.12. The zero-order valence-corrected chi connectivity index (χ0v) is 14.2. The number of carboxylic acids is 1. The smallest absolute Gasteiger partial charge is 0.322 e. The molecule has 25 heavy (non-hydrogen) atoms. The fourth-order valence-corrected chi connectivity index (χ4v) is 2.40. The monoisotopic (exact) mass is 346 g/mol. The molecule has 9 nitrogen and oxygen atoms in total. The van der Waals surface area contributed by atoms with E-state index in [4.69, 9.17) is 0 Å². The van der Waals surface area contributed by atoms with Crippen molar-refractivity contribution < 1.29 is 19.6 Å². The molecule has 0 spiro atoms. The Morgan fingerprint density at radius 2 is 1.84 bits per heavy atom. The van der Waals surface area contributed by atoms with Gasteiger partial charge < -0.3 is 10.4 Å². The van der Waals surface area contributed by atoms with Crippen molar-refractivity contribution in [1.82, 2.24) is 9.78 Å². The molecule has 0 radical (unpaired) electrons. The van der Waals surface area contributed by atoms with Crippen LogP contribution >= 0.6 is 0 Å². The lowest BCUT2D eigenvalue weighted by molar-refractivity contribution is -0.385. The van der Waals surface area contributed by atoms with Crippen molar-refractivity contribution in [2.45, 2.75) is 26.2 Å². The van der Waals surface area contributed by atoms with E-state index in [1.165, 1.54) is 14.0 Å². The number of aryl methyl sites for hydroxylation is 2. The summed E-state index contributed by atoms with van der Waals surface area (Å²) in [4.78, 5) is 34.2. The number of amides is 1. The van der Waals surface area contributed by atoms with Crippen LogP contribution in [0.3, 0.4) is 0 Å². The Morgan fingerprint density at radius 1 is 1.28 bits per heavy atom. The molecule has 0 bridgehead atoms. The number of carbonyl (C=O) groups excluding carboxylic acids is 1. The second-order valence-corrected chi connectivity index (χ2v) is 6.12. The highest BCUT2D eigenvalue weighted by Gasteiger charge is 2.30. The molecule has 0 aliphatic carbocycles. The Morgan fingerprint density at radius 3 is 2.32 bits per heavy atom. The molecule has 0 fully saturated rings.